The molecular formula is C27H27FN12O. The minimum absolute atomic E-state index is 0.234. The van der Waals surface area contributed by atoms with E-state index < -0.39 is 0 Å². The van der Waals surface area contributed by atoms with Gasteiger partial charge in [-0.25, -0.2) is 14.1 Å². The highest BCUT2D eigenvalue weighted by Gasteiger charge is 2.22. The molecule has 0 bridgehead atoms. The van der Waals surface area contributed by atoms with Gasteiger partial charge in [-0.05, 0) is 36.8 Å². The highest BCUT2D eigenvalue weighted by Crippen LogP contribution is 2.27. The van der Waals surface area contributed by atoms with Crippen LogP contribution >= 0.6 is 0 Å². The van der Waals surface area contributed by atoms with Crippen molar-refractivity contribution in [1.29, 1.82) is 0 Å². The Hall–Kier alpha value is -4.98. The lowest BCUT2D eigenvalue weighted by Gasteiger charge is -2.36. The summed E-state index contributed by atoms with van der Waals surface area (Å²) in [7, 11) is 0. The summed E-state index contributed by atoms with van der Waals surface area (Å²) < 4.78 is 23.4. The number of pyridine rings is 1. The molecule has 13 nitrogen and oxygen atoms in total. The zero-order valence-corrected chi connectivity index (χ0v) is 22.6. The van der Waals surface area contributed by atoms with E-state index in [0.29, 0.717) is 65.4 Å². The molecule has 0 atom stereocenters. The Balaban J connectivity index is 1.03. The maximum atomic E-state index is 15.0. The number of anilines is 2. The lowest BCUT2D eigenvalue weighted by Crippen LogP contribution is -2.47. The van der Waals surface area contributed by atoms with E-state index in [1.807, 2.05) is 29.8 Å². The van der Waals surface area contributed by atoms with Crippen molar-refractivity contribution in [3.63, 3.8) is 0 Å². The van der Waals surface area contributed by atoms with Crippen molar-refractivity contribution in [1.82, 2.24) is 49.4 Å². The van der Waals surface area contributed by atoms with E-state index in [0.717, 1.165) is 30.6 Å². The first-order chi connectivity index (χ1) is 19.9. The third-order valence-corrected chi connectivity index (χ3v) is 7.39. The fourth-order valence-electron chi connectivity index (χ4n) is 5.21. The maximum Gasteiger partial charge on any atom is 0.225 e. The molecule has 41 heavy (non-hydrogen) atoms. The lowest BCUT2D eigenvalue weighted by atomic mass is 10.1. The summed E-state index contributed by atoms with van der Waals surface area (Å²) in [6.45, 7) is 8.06. The number of nitrogen functional groups attached to an aromatic ring is 1. The molecule has 1 saturated heterocycles. The van der Waals surface area contributed by atoms with Crippen molar-refractivity contribution < 1.29 is 8.91 Å². The van der Waals surface area contributed by atoms with Crippen molar-refractivity contribution in [3.05, 3.63) is 60.0 Å². The molecule has 5 aromatic heterocycles. The molecule has 2 N–H and O–H groups in total. The average Bonchev–Trinajstić information content (AvgIpc) is 3.71. The fourth-order valence-corrected chi connectivity index (χ4v) is 5.21. The molecule has 6 heterocycles. The number of aryl methyl sites for hydroxylation is 2. The molecule has 1 fully saturated rings. The minimum Gasteiger partial charge on any atom is -0.368 e. The second-order valence-corrected chi connectivity index (χ2v) is 10.0. The Kier molecular flexibility index (Phi) is 6.03. The highest BCUT2D eigenvalue weighted by atomic mass is 19.1. The van der Waals surface area contributed by atoms with Crippen LogP contribution in [-0.2, 0) is 6.54 Å². The highest BCUT2D eigenvalue weighted by molar-refractivity contribution is 5.90. The molecule has 0 unspecified atom stereocenters. The summed E-state index contributed by atoms with van der Waals surface area (Å²) in [5, 5.41) is 13.8. The molecule has 1 aliphatic heterocycles. The number of halogens is 1. The van der Waals surface area contributed by atoms with E-state index in [1.165, 1.54) is 10.6 Å². The second kappa shape index (κ2) is 9.89. The van der Waals surface area contributed by atoms with Crippen LogP contribution in [0.5, 0.6) is 0 Å². The first kappa shape index (κ1) is 25.0. The largest absolute Gasteiger partial charge is 0.368 e. The Morgan fingerprint density at radius 1 is 0.976 bits per heavy atom. The number of rotatable bonds is 6. The van der Waals surface area contributed by atoms with Crippen LogP contribution < -0.4 is 10.6 Å². The van der Waals surface area contributed by atoms with Crippen molar-refractivity contribution in [2.24, 2.45) is 0 Å². The molecule has 1 aromatic carbocycles. The summed E-state index contributed by atoms with van der Waals surface area (Å²) >= 11 is 0. The van der Waals surface area contributed by atoms with Gasteiger partial charge in [-0.3, -0.25) is 9.88 Å². The van der Waals surface area contributed by atoms with Gasteiger partial charge in [-0.15, -0.1) is 5.10 Å². The standard InChI is InChI=1S/C27H27FN12O/c1-16-4-3-7-30-22(16)24-33-26-19-15-31-39(25(19)34-27(29)40(26)35-24)13-10-37-8-11-38(12-9-37)21-6-5-18(14-20(21)28)23-32-17(2)41-36-23/h3-7,14-15H,8-13H2,1-2H3,(H2,29,34). The van der Waals surface area contributed by atoms with Crippen molar-refractivity contribution >= 4 is 28.3 Å². The molecule has 0 radical (unpaired) electrons. The topological polar surface area (TPSA) is 145 Å². The van der Waals surface area contributed by atoms with Crippen LogP contribution in [-0.4, -0.2) is 82.1 Å². The quantitative estimate of drug-likeness (QED) is 0.324. The van der Waals surface area contributed by atoms with Crippen LogP contribution in [0, 0.1) is 19.7 Å². The number of nitrogens with zero attached hydrogens (tertiary/aromatic N) is 11. The molecule has 6 aromatic rings. The van der Waals surface area contributed by atoms with E-state index in [2.05, 4.69) is 40.1 Å². The molecule has 0 spiro atoms. The third-order valence-electron chi connectivity index (χ3n) is 7.39. The van der Waals surface area contributed by atoms with Crippen LogP contribution in [0.3, 0.4) is 0 Å². The van der Waals surface area contributed by atoms with Gasteiger partial charge in [0.05, 0.1) is 23.8 Å². The van der Waals surface area contributed by atoms with Crippen molar-refractivity contribution in [2.75, 3.05) is 43.4 Å². The van der Waals surface area contributed by atoms with Crippen LogP contribution in [0.15, 0.2) is 47.2 Å². The van der Waals surface area contributed by atoms with Gasteiger partial charge in [0.15, 0.2) is 11.3 Å². The zero-order valence-electron chi connectivity index (χ0n) is 22.6. The molecule has 7 rings (SSSR count). The fraction of sp³-hybridized carbons (Fsp3) is 0.296. The average molecular weight is 555 g/mol. The molecule has 0 amide bonds. The van der Waals surface area contributed by atoms with E-state index in [-0.39, 0.29) is 11.8 Å². The first-order valence-electron chi connectivity index (χ1n) is 13.3. The van der Waals surface area contributed by atoms with Crippen LogP contribution in [0.1, 0.15) is 11.5 Å². The monoisotopic (exact) mass is 554 g/mol. The lowest BCUT2D eigenvalue weighted by molar-refractivity contribution is 0.245. The number of piperazine rings is 1. The summed E-state index contributed by atoms with van der Waals surface area (Å²) in [5.41, 5.74) is 10.4. The number of hydrogen-bond acceptors (Lipinski definition) is 11. The van der Waals surface area contributed by atoms with E-state index in [9.17, 15) is 4.39 Å². The summed E-state index contributed by atoms with van der Waals surface area (Å²) in [5.74, 6) is 1.25. The molecule has 0 aliphatic carbocycles. The van der Waals surface area contributed by atoms with Gasteiger partial charge in [0, 0.05) is 51.4 Å². The van der Waals surface area contributed by atoms with Gasteiger partial charge in [0.1, 0.15) is 11.5 Å². The molecule has 208 valence electrons. The van der Waals surface area contributed by atoms with E-state index in [4.69, 9.17) is 15.2 Å². The molecule has 1 aliphatic rings. The molecular weight excluding hydrogens is 527 g/mol. The molecule has 0 saturated carbocycles. The van der Waals surface area contributed by atoms with E-state index >= 15 is 0 Å². The number of aromatic nitrogens is 9. The Morgan fingerprint density at radius 3 is 2.59 bits per heavy atom. The second-order valence-electron chi connectivity index (χ2n) is 10.0. The number of benzene rings is 1. The third kappa shape index (κ3) is 4.51. The van der Waals surface area contributed by atoms with E-state index in [1.54, 1.807) is 25.4 Å². The minimum atomic E-state index is -0.300. The normalized spacial score (nSPS) is 14.5. The predicted octanol–water partition coefficient (Wildman–Crippen LogP) is 2.75. The Bertz CT molecular complexity index is 1880. The predicted molar refractivity (Wildman–Crippen MR) is 150 cm³/mol. The summed E-state index contributed by atoms with van der Waals surface area (Å²) in [4.78, 5) is 22.3. The Labute approximate surface area is 233 Å². The summed E-state index contributed by atoms with van der Waals surface area (Å²) in [6, 6.07) is 8.91. The van der Waals surface area contributed by atoms with Gasteiger partial charge in [-0.2, -0.15) is 19.6 Å². The molecule has 14 heteroatoms. The summed E-state index contributed by atoms with van der Waals surface area (Å²) in [6.07, 6.45) is 3.47. The van der Waals surface area contributed by atoms with Gasteiger partial charge >= 0.3 is 0 Å². The van der Waals surface area contributed by atoms with Gasteiger partial charge in [0.2, 0.25) is 23.5 Å². The number of nitrogens with two attached hydrogens (primary N) is 1. The van der Waals surface area contributed by atoms with Gasteiger partial charge in [-0.1, -0.05) is 11.2 Å². The van der Waals surface area contributed by atoms with Gasteiger partial charge < -0.3 is 15.2 Å². The van der Waals surface area contributed by atoms with Gasteiger partial charge in [0.25, 0.3) is 0 Å². The first-order valence-corrected chi connectivity index (χ1v) is 13.3. The SMILES string of the molecule is Cc1nc(-c2ccc(N3CCN(CCn4ncc5c4nc(N)n4nc(-c6ncccc6C)nc54)CC3)c(F)c2)no1. The number of fused-ring (bicyclic) bond motifs is 3. The van der Waals surface area contributed by atoms with Crippen molar-refractivity contribution in [3.8, 4) is 22.9 Å². The van der Waals surface area contributed by atoms with Crippen molar-refractivity contribution in [2.45, 2.75) is 20.4 Å². The van der Waals surface area contributed by atoms with Crippen LogP contribution in [0.2, 0.25) is 0 Å². The zero-order chi connectivity index (χ0) is 28.1. The Morgan fingerprint density at radius 2 is 1.83 bits per heavy atom. The van der Waals surface area contributed by atoms with Crippen LogP contribution in [0.25, 0.3) is 39.6 Å². The maximum absolute atomic E-state index is 15.0. The smallest absolute Gasteiger partial charge is 0.225 e. The number of hydrogen-bond donors (Lipinski definition) is 1. The van der Waals surface area contributed by atoms with Crippen LogP contribution in [0.4, 0.5) is 16.0 Å².